The van der Waals surface area contributed by atoms with E-state index in [0.717, 1.165) is 25.0 Å². The summed E-state index contributed by atoms with van der Waals surface area (Å²) >= 11 is 0. The van der Waals surface area contributed by atoms with Gasteiger partial charge in [-0.05, 0) is 36.6 Å². The molecule has 2 aromatic carbocycles. The van der Waals surface area contributed by atoms with Crippen molar-refractivity contribution in [1.82, 2.24) is 4.90 Å². The molecule has 1 heterocycles. The predicted molar refractivity (Wildman–Crippen MR) is 101 cm³/mol. The third-order valence-corrected chi connectivity index (χ3v) is 4.78. The average Bonchev–Trinajstić information content (AvgIpc) is 3.17. The lowest BCUT2D eigenvalue weighted by atomic mass is 10.1. The van der Waals surface area contributed by atoms with Gasteiger partial charge in [-0.2, -0.15) is 0 Å². The molecule has 3 rings (SSSR count). The van der Waals surface area contributed by atoms with E-state index in [-0.39, 0.29) is 17.7 Å². The van der Waals surface area contributed by atoms with Gasteiger partial charge in [0.2, 0.25) is 5.75 Å². The molecule has 0 radical (unpaired) electrons. The molecule has 0 aromatic heterocycles. The first-order chi connectivity index (χ1) is 13.1. The maximum absolute atomic E-state index is 14.2. The number of ether oxygens (including phenoxy) is 3. The first-order valence-electron chi connectivity index (χ1n) is 9.12. The molecule has 0 amide bonds. The minimum absolute atomic E-state index is 0.0245. The van der Waals surface area contributed by atoms with Gasteiger partial charge in [-0.15, -0.1) is 0 Å². The standard InChI is InChI=1S/C21H26FNO4/c1-25-19-10-15(11-20(26-2)21(19)24)12-23(14-17-7-5-9-27-17)13-16-6-3-4-8-18(16)22/h3-4,6,8,10-11,17,24H,5,7,9,12-14H2,1-2H3. The quantitative estimate of drug-likeness (QED) is 0.762. The van der Waals surface area contributed by atoms with Gasteiger partial charge in [-0.3, -0.25) is 4.90 Å². The summed E-state index contributed by atoms with van der Waals surface area (Å²) < 4.78 is 30.4. The van der Waals surface area contributed by atoms with Crippen molar-refractivity contribution >= 4 is 0 Å². The second-order valence-electron chi connectivity index (χ2n) is 6.75. The molecule has 146 valence electrons. The van der Waals surface area contributed by atoms with Gasteiger partial charge in [0.1, 0.15) is 5.82 Å². The minimum Gasteiger partial charge on any atom is -0.502 e. The van der Waals surface area contributed by atoms with Crippen molar-refractivity contribution in [2.75, 3.05) is 27.4 Å². The summed E-state index contributed by atoms with van der Waals surface area (Å²) in [5, 5.41) is 10.1. The maximum Gasteiger partial charge on any atom is 0.200 e. The molecule has 0 saturated carbocycles. The van der Waals surface area contributed by atoms with E-state index in [1.54, 1.807) is 24.3 Å². The van der Waals surface area contributed by atoms with E-state index in [9.17, 15) is 9.50 Å². The summed E-state index contributed by atoms with van der Waals surface area (Å²) in [4.78, 5) is 2.15. The molecular formula is C21H26FNO4. The topological polar surface area (TPSA) is 51.2 Å². The summed E-state index contributed by atoms with van der Waals surface area (Å²) in [5.74, 6) is 0.471. The lowest BCUT2D eigenvalue weighted by Crippen LogP contribution is -2.31. The van der Waals surface area contributed by atoms with Crippen LogP contribution in [-0.4, -0.2) is 43.5 Å². The van der Waals surface area contributed by atoms with Crippen LogP contribution in [0.25, 0.3) is 0 Å². The van der Waals surface area contributed by atoms with Gasteiger partial charge in [0.05, 0.1) is 20.3 Å². The second kappa shape index (κ2) is 9.06. The van der Waals surface area contributed by atoms with Crippen LogP contribution in [0.1, 0.15) is 24.0 Å². The molecule has 1 unspecified atom stereocenters. The van der Waals surface area contributed by atoms with Gasteiger partial charge in [-0.1, -0.05) is 18.2 Å². The Hall–Kier alpha value is -2.31. The zero-order chi connectivity index (χ0) is 19.2. The molecule has 1 atom stereocenters. The van der Waals surface area contributed by atoms with Gasteiger partial charge in [0.15, 0.2) is 11.5 Å². The highest BCUT2D eigenvalue weighted by molar-refractivity contribution is 5.52. The third-order valence-electron chi connectivity index (χ3n) is 4.78. The summed E-state index contributed by atoms with van der Waals surface area (Å²) in [6.45, 7) is 2.51. The van der Waals surface area contributed by atoms with Crippen LogP contribution >= 0.6 is 0 Å². The Kier molecular flexibility index (Phi) is 6.53. The normalized spacial score (nSPS) is 16.7. The number of phenolic OH excluding ortho intramolecular Hbond substituents is 1. The van der Waals surface area contributed by atoms with E-state index in [1.165, 1.54) is 20.3 Å². The fourth-order valence-electron chi connectivity index (χ4n) is 3.43. The summed E-state index contributed by atoms with van der Waals surface area (Å²) in [6.07, 6.45) is 2.22. The average molecular weight is 375 g/mol. The minimum atomic E-state index is -0.212. The van der Waals surface area contributed by atoms with Gasteiger partial charge in [0, 0.05) is 31.8 Å². The highest BCUT2D eigenvalue weighted by atomic mass is 19.1. The lowest BCUT2D eigenvalue weighted by Gasteiger charge is -2.26. The van der Waals surface area contributed by atoms with Crippen molar-refractivity contribution in [1.29, 1.82) is 0 Å². The molecule has 5 nitrogen and oxygen atoms in total. The van der Waals surface area contributed by atoms with E-state index in [1.807, 2.05) is 6.07 Å². The van der Waals surface area contributed by atoms with Gasteiger partial charge in [0.25, 0.3) is 0 Å². The van der Waals surface area contributed by atoms with Crippen molar-refractivity contribution in [3.8, 4) is 17.2 Å². The number of rotatable bonds is 8. The zero-order valence-corrected chi connectivity index (χ0v) is 15.8. The number of benzene rings is 2. The Bertz CT molecular complexity index is 737. The van der Waals surface area contributed by atoms with Crippen molar-refractivity contribution in [3.63, 3.8) is 0 Å². The van der Waals surface area contributed by atoms with E-state index >= 15 is 0 Å². The Labute approximate surface area is 159 Å². The highest BCUT2D eigenvalue weighted by Gasteiger charge is 2.21. The highest BCUT2D eigenvalue weighted by Crippen LogP contribution is 2.37. The molecule has 0 bridgehead atoms. The summed E-state index contributed by atoms with van der Waals surface area (Å²) in [5.41, 5.74) is 1.56. The van der Waals surface area contributed by atoms with Crippen LogP contribution in [0.15, 0.2) is 36.4 Å². The van der Waals surface area contributed by atoms with Crippen LogP contribution in [0, 0.1) is 5.82 Å². The van der Waals surface area contributed by atoms with Crippen molar-refractivity contribution in [2.24, 2.45) is 0 Å². The molecule has 1 aliphatic heterocycles. The van der Waals surface area contributed by atoms with E-state index in [2.05, 4.69) is 4.90 Å². The lowest BCUT2D eigenvalue weighted by molar-refractivity contribution is 0.0674. The first-order valence-corrected chi connectivity index (χ1v) is 9.12. The SMILES string of the molecule is COc1cc(CN(Cc2ccccc2F)CC2CCCO2)cc(OC)c1O. The van der Waals surface area contributed by atoms with Crippen LogP contribution in [0.2, 0.25) is 0 Å². The van der Waals surface area contributed by atoms with Crippen LogP contribution in [0.4, 0.5) is 4.39 Å². The van der Waals surface area contributed by atoms with Crippen LogP contribution in [-0.2, 0) is 17.8 Å². The molecule has 1 N–H and O–H groups in total. The molecular weight excluding hydrogens is 349 g/mol. The largest absolute Gasteiger partial charge is 0.502 e. The maximum atomic E-state index is 14.2. The van der Waals surface area contributed by atoms with Gasteiger partial charge >= 0.3 is 0 Å². The van der Waals surface area contributed by atoms with Gasteiger partial charge < -0.3 is 19.3 Å². The zero-order valence-electron chi connectivity index (χ0n) is 15.8. The van der Waals surface area contributed by atoms with E-state index in [0.29, 0.717) is 36.7 Å². The molecule has 2 aromatic rings. The molecule has 1 saturated heterocycles. The van der Waals surface area contributed by atoms with Crippen LogP contribution in [0.3, 0.4) is 0 Å². The number of phenols is 1. The number of halogens is 1. The van der Waals surface area contributed by atoms with Crippen LogP contribution < -0.4 is 9.47 Å². The second-order valence-corrected chi connectivity index (χ2v) is 6.75. The number of hydrogen-bond donors (Lipinski definition) is 1. The van der Waals surface area contributed by atoms with Crippen molar-refractivity contribution in [2.45, 2.75) is 32.0 Å². The third kappa shape index (κ3) is 4.90. The van der Waals surface area contributed by atoms with Crippen molar-refractivity contribution in [3.05, 3.63) is 53.3 Å². The molecule has 27 heavy (non-hydrogen) atoms. The van der Waals surface area contributed by atoms with E-state index < -0.39 is 0 Å². The van der Waals surface area contributed by atoms with Crippen molar-refractivity contribution < 1.29 is 23.7 Å². The first kappa shape index (κ1) is 19.5. The number of methoxy groups -OCH3 is 2. The summed E-state index contributed by atoms with van der Waals surface area (Å²) in [7, 11) is 3.00. The Morgan fingerprint density at radius 1 is 1.15 bits per heavy atom. The Balaban J connectivity index is 1.83. The van der Waals surface area contributed by atoms with Gasteiger partial charge in [-0.25, -0.2) is 4.39 Å². The number of aromatic hydroxyl groups is 1. The number of nitrogens with zero attached hydrogens (tertiary/aromatic N) is 1. The molecule has 1 fully saturated rings. The summed E-state index contributed by atoms with van der Waals surface area (Å²) in [6, 6.07) is 10.4. The predicted octanol–water partition coefficient (Wildman–Crippen LogP) is 3.73. The van der Waals surface area contributed by atoms with E-state index in [4.69, 9.17) is 14.2 Å². The molecule has 1 aliphatic rings. The Morgan fingerprint density at radius 2 is 1.85 bits per heavy atom. The monoisotopic (exact) mass is 375 g/mol. The molecule has 0 spiro atoms. The Morgan fingerprint density at radius 3 is 2.44 bits per heavy atom. The fraction of sp³-hybridized carbons (Fsp3) is 0.429. The van der Waals surface area contributed by atoms with Crippen LogP contribution in [0.5, 0.6) is 17.2 Å². The smallest absolute Gasteiger partial charge is 0.200 e. The fourth-order valence-corrected chi connectivity index (χ4v) is 3.43. The number of hydrogen-bond acceptors (Lipinski definition) is 5. The molecule has 0 aliphatic carbocycles. The molecule has 6 heteroatoms.